The van der Waals surface area contributed by atoms with Gasteiger partial charge in [-0.3, -0.25) is 14.4 Å². The Bertz CT molecular complexity index is 1030. The molecule has 1 aliphatic rings. The summed E-state index contributed by atoms with van der Waals surface area (Å²) in [5.74, 6) is -2.33. The van der Waals surface area contributed by atoms with Crippen LogP contribution in [0.25, 0.3) is 0 Å². The number of nitrogens with zero attached hydrogens (tertiary/aromatic N) is 1. The Labute approximate surface area is 199 Å². The number of ether oxygens (including phenoxy) is 2. The molecule has 2 aromatic carbocycles. The first-order valence-electron chi connectivity index (χ1n) is 11.5. The number of nitrogens with one attached hydrogen (secondary N) is 1. The topological polar surface area (TPSA) is 102 Å². The summed E-state index contributed by atoms with van der Waals surface area (Å²) < 4.78 is 10.4. The summed E-state index contributed by atoms with van der Waals surface area (Å²) >= 11 is 0. The van der Waals surface area contributed by atoms with E-state index in [1.54, 1.807) is 36.4 Å². The molecular weight excluding hydrogens is 436 g/mol. The lowest BCUT2D eigenvalue weighted by atomic mass is 10.1. The van der Waals surface area contributed by atoms with E-state index in [4.69, 9.17) is 9.47 Å². The molecular formula is C26H30N2O6. The van der Waals surface area contributed by atoms with Gasteiger partial charge in [-0.25, -0.2) is 4.79 Å². The summed E-state index contributed by atoms with van der Waals surface area (Å²) in [4.78, 5) is 50.6. The molecule has 0 spiro atoms. The third kappa shape index (κ3) is 6.66. The summed E-state index contributed by atoms with van der Waals surface area (Å²) in [6.45, 7) is 4.05. The number of carbonyl (C=O) groups is 4. The van der Waals surface area contributed by atoms with E-state index in [-0.39, 0.29) is 18.9 Å². The zero-order chi connectivity index (χ0) is 24.5. The molecule has 180 valence electrons. The molecule has 1 N–H and O–H groups in total. The standard InChI is InChI=1S/C26H30N2O6/c1-3-4-7-14-33-25(31)19-10-12-21(13-11-19)28-16-20(15-24(28)30)26(32)34-17-23(29)27-22-9-6-5-8-18(22)2/h5-6,8-13,20H,3-4,7,14-17H2,1-2H3,(H,27,29)/t20-/m0/s1. The highest BCUT2D eigenvalue weighted by Crippen LogP contribution is 2.26. The minimum absolute atomic E-state index is 0.000528. The number of esters is 2. The van der Waals surface area contributed by atoms with E-state index in [0.29, 0.717) is 23.5 Å². The van der Waals surface area contributed by atoms with E-state index in [1.807, 2.05) is 19.1 Å². The van der Waals surface area contributed by atoms with Gasteiger partial charge < -0.3 is 19.7 Å². The zero-order valence-electron chi connectivity index (χ0n) is 19.5. The average Bonchev–Trinajstić information content (AvgIpc) is 3.23. The van der Waals surface area contributed by atoms with Crippen LogP contribution in [-0.4, -0.2) is 43.5 Å². The Balaban J connectivity index is 1.49. The molecule has 1 aliphatic heterocycles. The summed E-state index contributed by atoms with van der Waals surface area (Å²) in [5.41, 5.74) is 2.54. The molecule has 1 saturated heterocycles. The van der Waals surface area contributed by atoms with Gasteiger partial charge in [-0.2, -0.15) is 0 Å². The fraction of sp³-hybridized carbons (Fsp3) is 0.385. The number of hydrogen-bond donors (Lipinski definition) is 1. The van der Waals surface area contributed by atoms with E-state index in [0.717, 1.165) is 24.8 Å². The van der Waals surface area contributed by atoms with Gasteiger partial charge in [-0.1, -0.05) is 38.0 Å². The van der Waals surface area contributed by atoms with E-state index in [9.17, 15) is 19.2 Å². The number of rotatable bonds is 10. The van der Waals surface area contributed by atoms with Crippen LogP contribution in [0.2, 0.25) is 0 Å². The van der Waals surface area contributed by atoms with Crippen molar-refractivity contribution in [2.45, 2.75) is 39.5 Å². The van der Waals surface area contributed by atoms with Crippen LogP contribution in [0, 0.1) is 12.8 Å². The predicted molar refractivity (Wildman–Crippen MR) is 127 cm³/mol. The lowest BCUT2D eigenvalue weighted by Crippen LogP contribution is -2.28. The van der Waals surface area contributed by atoms with Gasteiger partial charge in [0.05, 0.1) is 18.1 Å². The van der Waals surface area contributed by atoms with Crippen LogP contribution in [0.15, 0.2) is 48.5 Å². The number of anilines is 2. The molecule has 0 aromatic heterocycles. The molecule has 1 atom stereocenters. The van der Waals surface area contributed by atoms with Gasteiger partial charge >= 0.3 is 11.9 Å². The number of hydrogen-bond acceptors (Lipinski definition) is 6. The quantitative estimate of drug-likeness (QED) is 0.421. The Morgan fingerprint density at radius 2 is 1.76 bits per heavy atom. The van der Waals surface area contributed by atoms with E-state index < -0.39 is 30.4 Å². The van der Waals surface area contributed by atoms with E-state index in [1.165, 1.54) is 4.90 Å². The lowest BCUT2D eigenvalue weighted by Gasteiger charge is -2.17. The van der Waals surface area contributed by atoms with Crippen LogP contribution in [0.5, 0.6) is 0 Å². The second kappa shape index (κ2) is 12.0. The smallest absolute Gasteiger partial charge is 0.338 e. The fourth-order valence-corrected chi connectivity index (χ4v) is 3.65. The summed E-state index contributed by atoms with van der Waals surface area (Å²) in [6, 6.07) is 13.8. The van der Waals surface area contributed by atoms with Gasteiger partial charge in [0.2, 0.25) is 5.91 Å². The third-order valence-electron chi connectivity index (χ3n) is 5.62. The van der Waals surface area contributed by atoms with Gasteiger partial charge in [0.15, 0.2) is 6.61 Å². The normalized spacial score (nSPS) is 15.2. The first-order chi connectivity index (χ1) is 16.4. The maximum atomic E-state index is 12.5. The molecule has 3 rings (SSSR count). The van der Waals surface area contributed by atoms with Crippen molar-refractivity contribution in [1.29, 1.82) is 0 Å². The van der Waals surface area contributed by atoms with Crippen LogP contribution in [0.3, 0.4) is 0 Å². The molecule has 2 amide bonds. The van der Waals surface area contributed by atoms with Gasteiger partial charge in [0.1, 0.15) is 0 Å². The highest BCUT2D eigenvalue weighted by molar-refractivity contribution is 6.00. The second-order valence-corrected chi connectivity index (χ2v) is 8.27. The second-order valence-electron chi connectivity index (χ2n) is 8.27. The number of unbranched alkanes of at least 4 members (excludes halogenated alkanes) is 2. The van der Waals surface area contributed by atoms with Crippen LogP contribution < -0.4 is 10.2 Å². The predicted octanol–water partition coefficient (Wildman–Crippen LogP) is 3.88. The maximum Gasteiger partial charge on any atom is 0.338 e. The van der Waals surface area contributed by atoms with Crippen LogP contribution in [0.4, 0.5) is 11.4 Å². The number of carbonyl (C=O) groups excluding carboxylic acids is 4. The van der Waals surface area contributed by atoms with Crippen molar-refractivity contribution in [3.63, 3.8) is 0 Å². The molecule has 2 aromatic rings. The molecule has 0 radical (unpaired) electrons. The van der Waals surface area contributed by atoms with E-state index >= 15 is 0 Å². The summed E-state index contributed by atoms with van der Waals surface area (Å²) in [6.07, 6.45) is 2.88. The highest BCUT2D eigenvalue weighted by Gasteiger charge is 2.36. The fourth-order valence-electron chi connectivity index (χ4n) is 3.65. The van der Waals surface area contributed by atoms with Crippen molar-refractivity contribution in [2.24, 2.45) is 5.92 Å². The highest BCUT2D eigenvalue weighted by atomic mass is 16.5. The zero-order valence-corrected chi connectivity index (χ0v) is 19.5. The summed E-state index contributed by atoms with van der Waals surface area (Å²) in [7, 11) is 0. The lowest BCUT2D eigenvalue weighted by molar-refractivity contribution is -0.151. The Morgan fingerprint density at radius 3 is 2.47 bits per heavy atom. The van der Waals surface area contributed by atoms with Crippen molar-refractivity contribution in [3.8, 4) is 0 Å². The SMILES string of the molecule is CCCCCOC(=O)c1ccc(N2C[C@@H](C(=O)OCC(=O)Nc3ccccc3C)CC2=O)cc1. The number of aryl methyl sites for hydroxylation is 1. The van der Waals surface area contributed by atoms with Crippen LogP contribution in [0.1, 0.15) is 48.5 Å². The molecule has 8 nitrogen and oxygen atoms in total. The minimum atomic E-state index is -0.665. The first kappa shape index (κ1) is 25.0. The van der Waals surface area contributed by atoms with E-state index in [2.05, 4.69) is 12.2 Å². The largest absolute Gasteiger partial charge is 0.462 e. The Kier molecular flexibility index (Phi) is 8.79. The molecule has 1 heterocycles. The average molecular weight is 467 g/mol. The van der Waals surface area contributed by atoms with Crippen molar-refractivity contribution in [1.82, 2.24) is 0 Å². The van der Waals surface area contributed by atoms with Gasteiger partial charge in [-0.15, -0.1) is 0 Å². The molecule has 0 unspecified atom stereocenters. The Hall–Kier alpha value is -3.68. The molecule has 1 fully saturated rings. The monoisotopic (exact) mass is 466 g/mol. The van der Waals surface area contributed by atoms with Gasteiger partial charge in [0.25, 0.3) is 5.91 Å². The number of para-hydroxylation sites is 1. The van der Waals surface area contributed by atoms with Crippen molar-refractivity contribution in [2.75, 3.05) is 30.0 Å². The first-order valence-corrected chi connectivity index (χ1v) is 11.5. The molecule has 0 bridgehead atoms. The molecule has 8 heteroatoms. The summed E-state index contributed by atoms with van der Waals surface area (Å²) in [5, 5.41) is 2.70. The Morgan fingerprint density at radius 1 is 1.03 bits per heavy atom. The van der Waals surface area contributed by atoms with Crippen molar-refractivity contribution in [3.05, 3.63) is 59.7 Å². The molecule has 0 saturated carbocycles. The molecule has 0 aliphatic carbocycles. The minimum Gasteiger partial charge on any atom is -0.462 e. The van der Waals surface area contributed by atoms with Crippen molar-refractivity contribution >= 4 is 35.1 Å². The van der Waals surface area contributed by atoms with Crippen LogP contribution >= 0.6 is 0 Å². The van der Waals surface area contributed by atoms with Crippen molar-refractivity contribution < 1.29 is 28.7 Å². The third-order valence-corrected chi connectivity index (χ3v) is 5.62. The van der Waals surface area contributed by atoms with Gasteiger partial charge in [-0.05, 0) is 49.2 Å². The number of amides is 2. The number of benzene rings is 2. The van der Waals surface area contributed by atoms with Gasteiger partial charge in [0, 0.05) is 24.3 Å². The van der Waals surface area contributed by atoms with Crippen LogP contribution in [-0.2, 0) is 23.9 Å². The molecule has 34 heavy (non-hydrogen) atoms. The maximum absolute atomic E-state index is 12.5.